The van der Waals surface area contributed by atoms with E-state index in [2.05, 4.69) is 10.2 Å². The minimum absolute atomic E-state index is 0.204. The molecule has 0 spiro atoms. The van der Waals surface area contributed by atoms with Crippen LogP contribution in [0.15, 0.2) is 24.3 Å². The van der Waals surface area contributed by atoms with E-state index < -0.39 is 19.0 Å². The summed E-state index contributed by atoms with van der Waals surface area (Å²) in [6, 6.07) is 5.36. The average molecular weight is 345 g/mol. The summed E-state index contributed by atoms with van der Waals surface area (Å²) in [5.41, 5.74) is 0.730. The maximum atomic E-state index is 13.5. The van der Waals surface area contributed by atoms with Gasteiger partial charge in [-0.3, -0.25) is 4.90 Å². The number of amides is 2. The number of carbonyl (C=O) groups excluding carboxylic acids is 1. The Morgan fingerprint density at radius 3 is 2.71 bits per heavy atom. The van der Waals surface area contributed by atoms with Gasteiger partial charge in [0.05, 0.1) is 25.8 Å². The van der Waals surface area contributed by atoms with Gasteiger partial charge in [-0.15, -0.1) is 0 Å². The number of halogens is 3. The lowest BCUT2D eigenvalue weighted by Crippen LogP contribution is -2.46. The van der Waals surface area contributed by atoms with Crippen LogP contribution in [0.5, 0.6) is 0 Å². The maximum absolute atomic E-state index is 13.5. The molecule has 1 aliphatic rings. The minimum atomic E-state index is -2.58. The van der Waals surface area contributed by atoms with Crippen molar-refractivity contribution >= 4 is 6.03 Å². The summed E-state index contributed by atoms with van der Waals surface area (Å²) in [6.07, 6.45) is -2.58. The molecule has 0 aliphatic carbocycles. The molecular weight excluding hydrogens is 323 g/mol. The molecule has 1 unspecified atom stereocenters. The molecule has 1 saturated heterocycles. The van der Waals surface area contributed by atoms with Gasteiger partial charge in [-0.2, -0.15) is 0 Å². The highest BCUT2D eigenvalue weighted by molar-refractivity contribution is 5.73. The Hall–Kier alpha value is -1.80. The van der Waals surface area contributed by atoms with Crippen LogP contribution in [0.4, 0.5) is 18.0 Å². The standard InChI is InChI=1S/C16H22F3N3O2/c1-21(11-15(18)19)16(23)20-10-14(22-5-7-24-8-6-22)12-3-2-4-13(17)9-12/h2-4,9,14-15H,5-8,10-11H2,1H3,(H,20,23). The Kier molecular flexibility index (Phi) is 6.86. The van der Waals surface area contributed by atoms with Gasteiger partial charge >= 0.3 is 6.03 Å². The van der Waals surface area contributed by atoms with Gasteiger partial charge in [0.2, 0.25) is 0 Å². The van der Waals surface area contributed by atoms with Crippen molar-refractivity contribution in [1.82, 2.24) is 15.1 Å². The second kappa shape index (κ2) is 8.89. The molecular formula is C16H22F3N3O2. The molecule has 5 nitrogen and oxygen atoms in total. The normalized spacial score (nSPS) is 16.9. The molecule has 1 fully saturated rings. The van der Waals surface area contributed by atoms with Crippen LogP contribution in [0.1, 0.15) is 11.6 Å². The minimum Gasteiger partial charge on any atom is -0.379 e. The predicted octanol–water partition coefficient (Wildman–Crippen LogP) is 2.11. The van der Waals surface area contributed by atoms with Crippen LogP contribution in [-0.2, 0) is 4.74 Å². The van der Waals surface area contributed by atoms with Gasteiger partial charge in [-0.05, 0) is 17.7 Å². The number of urea groups is 1. The first-order valence-corrected chi connectivity index (χ1v) is 7.81. The van der Waals surface area contributed by atoms with E-state index >= 15 is 0 Å². The molecule has 1 heterocycles. The molecule has 1 aliphatic heterocycles. The summed E-state index contributed by atoms with van der Waals surface area (Å²) in [7, 11) is 1.31. The highest BCUT2D eigenvalue weighted by Gasteiger charge is 2.24. The molecule has 0 saturated carbocycles. The van der Waals surface area contributed by atoms with Crippen LogP contribution in [0, 0.1) is 5.82 Å². The van der Waals surface area contributed by atoms with E-state index in [9.17, 15) is 18.0 Å². The zero-order valence-electron chi connectivity index (χ0n) is 13.6. The Morgan fingerprint density at radius 2 is 2.08 bits per heavy atom. The van der Waals surface area contributed by atoms with E-state index in [1.165, 1.54) is 19.2 Å². The second-order valence-corrected chi connectivity index (χ2v) is 5.68. The third-order valence-corrected chi connectivity index (χ3v) is 3.93. The lowest BCUT2D eigenvalue weighted by Gasteiger charge is -2.35. The highest BCUT2D eigenvalue weighted by Crippen LogP contribution is 2.22. The van der Waals surface area contributed by atoms with Crippen molar-refractivity contribution in [2.45, 2.75) is 12.5 Å². The smallest absolute Gasteiger partial charge is 0.317 e. The number of benzene rings is 1. The van der Waals surface area contributed by atoms with Crippen LogP contribution in [0.3, 0.4) is 0 Å². The predicted molar refractivity (Wildman–Crippen MR) is 83.6 cm³/mol. The number of rotatable bonds is 6. The monoisotopic (exact) mass is 345 g/mol. The number of alkyl halides is 2. The first kappa shape index (κ1) is 18.5. The van der Waals surface area contributed by atoms with Crippen molar-refractivity contribution < 1.29 is 22.7 Å². The van der Waals surface area contributed by atoms with Gasteiger partial charge in [-0.1, -0.05) is 12.1 Å². The van der Waals surface area contributed by atoms with Gasteiger partial charge in [0.1, 0.15) is 5.82 Å². The summed E-state index contributed by atoms with van der Waals surface area (Å²) < 4.78 is 43.6. The Balaban J connectivity index is 2.04. The first-order chi connectivity index (χ1) is 11.5. The lowest BCUT2D eigenvalue weighted by molar-refractivity contribution is 0.0163. The molecule has 2 amide bonds. The molecule has 1 N–H and O–H groups in total. The summed E-state index contributed by atoms with van der Waals surface area (Å²) in [5, 5.41) is 2.65. The van der Waals surface area contributed by atoms with E-state index in [0.717, 1.165) is 10.5 Å². The zero-order valence-corrected chi connectivity index (χ0v) is 13.6. The quantitative estimate of drug-likeness (QED) is 0.859. The number of nitrogens with one attached hydrogen (secondary N) is 1. The number of hydrogen-bond acceptors (Lipinski definition) is 3. The summed E-state index contributed by atoms with van der Waals surface area (Å²) in [4.78, 5) is 15.0. The Bertz CT molecular complexity index is 539. The van der Waals surface area contributed by atoms with E-state index in [4.69, 9.17) is 4.74 Å². The van der Waals surface area contributed by atoms with Crippen LogP contribution in [-0.4, -0.2) is 68.7 Å². The van der Waals surface area contributed by atoms with Gasteiger partial charge in [0, 0.05) is 26.7 Å². The van der Waals surface area contributed by atoms with E-state index in [1.807, 2.05) is 0 Å². The fourth-order valence-electron chi connectivity index (χ4n) is 2.67. The van der Waals surface area contributed by atoms with Crippen LogP contribution < -0.4 is 5.32 Å². The van der Waals surface area contributed by atoms with Crippen molar-refractivity contribution in [2.24, 2.45) is 0 Å². The number of nitrogens with zero attached hydrogens (tertiary/aromatic N) is 2. The molecule has 0 bridgehead atoms. The summed E-state index contributed by atoms with van der Waals surface area (Å²) in [6.45, 7) is 2.01. The molecule has 1 atom stereocenters. The Labute approximate surface area is 139 Å². The SMILES string of the molecule is CN(CC(F)F)C(=O)NCC(c1cccc(F)c1)N1CCOCC1. The molecule has 8 heteroatoms. The molecule has 0 radical (unpaired) electrons. The molecule has 1 aromatic carbocycles. The third-order valence-electron chi connectivity index (χ3n) is 3.93. The van der Waals surface area contributed by atoms with E-state index in [0.29, 0.717) is 26.3 Å². The second-order valence-electron chi connectivity index (χ2n) is 5.68. The van der Waals surface area contributed by atoms with Crippen molar-refractivity contribution in [3.05, 3.63) is 35.6 Å². The largest absolute Gasteiger partial charge is 0.379 e. The highest BCUT2D eigenvalue weighted by atomic mass is 19.3. The Morgan fingerprint density at radius 1 is 1.38 bits per heavy atom. The van der Waals surface area contributed by atoms with Crippen LogP contribution in [0.2, 0.25) is 0 Å². The number of carbonyl (C=O) groups is 1. The number of hydrogen-bond donors (Lipinski definition) is 1. The van der Waals surface area contributed by atoms with Crippen LogP contribution >= 0.6 is 0 Å². The summed E-state index contributed by atoms with van der Waals surface area (Å²) in [5.74, 6) is -0.355. The molecule has 24 heavy (non-hydrogen) atoms. The fourth-order valence-corrected chi connectivity index (χ4v) is 2.67. The maximum Gasteiger partial charge on any atom is 0.317 e. The lowest BCUT2D eigenvalue weighted by atomic mass is 10.0. The first-order valence-electron chi connectivity index (χ1n) is 7.81. The fraction of sp³-hybridized carbons (Fsp3) is 0.562. The average Bonchev–Trinajstić information content (AvgIpc) is 2.55. The topological polar surface area (TPSA) is 44.8 Å². The molecule has 134 valence electrons. The third kappa shape index (κ3) is 5.38. The van der Waals surface area contributed by atoms with Gasteiger partial charge in [0.15, 0.2) is 0 Å². The zero-order chi connectivity index (χ0) is 17.5. The van der Waals surface area contributed by atoms with Gasteiger partial charge < -0.3 is 15.0 Å². The van der Waals surface area contributed by atoms with E-state index in [1.54, 1.807) is 12.1 Å². The van der Waals surface area contributed by atoms with Gasteiger partial charge in [0.25, 0.3) is 6.43 Å². The van der Waals surface area contributed by atoms with Gasteiger partial charge in [-0.25, -0.2) is 18.0 Å². The van der Waals surface area contributed by atoms with E-state index in [-0.39, 0.29) is 18.4 Å². The van der Waals surface area contributed by atoms with Crippen molar-refractivity contribution in [3.8, 4) is 0 Å². The number of ether oxygens (including phenoxy) is 1. The molecule has 0 aromatic heterocycles. The van der Waals surface area contributed by atoms with Crippen molar-refractivity contribution in [3.63, 3.8) is 0 Å². The van der Waals surface area contributed by atoms with Crippen molar-refractivity contribution in [2.75, 3.05) is 46.4 Å². The number of morpholine rings is 1. The summed E-state index contributed by atoms with van der Waals surface area (Å²) >= 11 is 0. The molecule has 2 rings (SSSR count). The molecule has 1 aromatic rings. The van der Waals surface area contributed by atoms with Crippen molar-refractivity contribution in [1.29, 1.82) is 0 Å². The van der Waals surface area contributed by atoms with Crippen LogP contribution in [0.25, 0.3) is 0 Å².